The van der Waals surface area contributed by atoms with Crippen LogP contribution < -0.4 is 14.8 Å². The van der Waals surface area contributed by atoms with Crippen molar-refractivity contribution < 1.29 is 22.4 Å². The van der Waals surface area contributed by atoms with Crippen molar-refractivity contribution in [2.24, 2.45) is 0 Å². The Labute approximate surface area is 361 Å². The molecule has 6 heteroatoms. The van der Waals surface area contributed by atoms with Gasteiger partial charge in [0.25, 0.3) is 0 Å². The Morgan fingerprint density at radius 2 is 1.05 bits per heavy atom. The van der Waals surface area contributed by atoms with E-state index in [4.69, 9.17) is 9.97 Å². The van der Waals surface area contributed by atoms with E-state index in [0.717, 1.165) is 16.7 Å². The molecule has 0 unspecified atom stereocenters. The number of benzene rings is 5. The summed E-state index contributed by atoms with van der Waals surface area (Å²) < 4.78 is 0. The zero-order valence-corrected chi connectivity index (χ0v) is 37.6. The fourth-order valence-corrected chi connectivity index (χ4v) is 8.81. The molecule has 1 radical (unpaired) electrons. The fourth-order valence-electron chi connectivity index (χ4n) is 8.81. The van der Waals surface area contributed by atoms with E-state index in [0.29, 0.717) is 29.5 Å². The van der Waals surface area contributed by atoms with Gasteiger partial charge in [0, 0.05) is 56.7 Å². The van der Waals surface area contributed by atoms with E-state index in [1.807, 2.05) is 18.2 Å². The first-order valence-corrected chi connectivity index (χ1v) is 20.6. The molecule has 1 aliphatic heterocycles. The summed E-state index contributed by atoms with van der Waals surface area (Å²) in [6.07, 6.45) is 1.77. The third-order valence-corrected chi connectivity index (χ3v) is 11.8. The number of pyridine rings is 1. The molecule has 0 saturated carbocycles. The first-order valence-electron chi connectivity index (χ1n) is 20.6. The summed E-state index contributed by atoms with van der Waals surface area (Å²) in [5.41, 5.74) is 18.7. The average molecular weight is 947 g/mol. The third-order valence-electron chi connectivity index (χ3n) is 11.8. The monoisotopic (exact) mass is 946 g/mol. The normalized spacial score (nSPS) is 13.8. The van der Waals surface area contributed by atoms with E-state index >= 15 is 0 Å². The van der Waals surface area contributed by atoms with Crippen LogP contribution in [-0.4, -0.2) is 9.97 Å². The van der Waals surface area contributed by atoms with E-state index in [1.165, 1.54) is 67.3 Å². The minimum absolute atomic E-state index is 0. The zero-order chi connectivity index (χ0) is 40.2. The molecule has 2 aromatic heterocycles. The van der Waals surface area contributed by atoms with Crippen LogP contribution in [0.15, 0.2) is 121 Å². The first-order chi connectivity index (χ1) is 27.4. The largest absolute Gasteiger partial charge is 0.473 e. The maximum Gasteiger partial charge on any atom is 0.0620 e. The Balaban J connectivity index is 0.000000181. The molecule has 5 aromatic carbocycles. The Morgan fingerprint density at radius 3 is 1.55 bits per heavy atom. The van der Waals surface area contributed by atoms with Crippen LogP contribution in [0.25, 0.3) is 33.7 Å². The second kappa shape index (κ2) is 16.4. The molecule has 0 N–H and O–H groups in total. The van der Waals surface area contributed by atoms with Gasteiger partial charge in [0.05, 0.1) is 5.69 Å². The van der Waals surface area contributed by atoms with Gasteiger partial charge in [-0.05, 0) is 109 Å². The topological polar surface area (TPSA) is 46.4 Å². The van der Waals surface area contributed by atoms with Gasteiger partial charge in [-0.1, -0.05) is 160 Å². The molecule has 3 heterocycles. The van der Waals surface area contributed by atoms with Gasteiger partial charge in [-0.3, -0.25) is 4.98 Å². The summed E-state index contributed by atoms with van der Waals surface area (Å²) in [7, 11) is 0. The molecule has 5 nitrogen and oxygen atoms in total. The van der Waals surface area contributed by atoms with Gasteiger partial charge in [-0.15, -0.1) is 6.67 Å². The van der Waals surface area contributed by atoms with Gasteiger partial charge < -0.3 is 19.8 Å². The smallest absolute Gasteiger partial charge is 0.0620 e. The quantitative estimate of drug-likeness (QED) is 0.118. The van der Waals surface area contributed by atoms with Crippen molar-refractivity contribution in [3.8, 4) is 22.6 Å². The number of aromatic nitrogens is 3. The van der Waals surface area contributed by atoms with Crippen LogP contribution in [0.4, 0.5) is 22.7 Å². The Morgan fingerprint density at radius 1 is 0.552 bits per heavy atom. The van der Waals surface area contributed by atoms with E-state index < -0.39 is 0 Å². The molecule has 58 heavy (non-hydrogen) atoms. The Kier molecular flexibility index (Phi) is 11.6. The number of nitrogens with zero attached hydrogens (tertiary/aromatic N) is 5. The van der Waals surface area contributed by atoms with Gasteiger partial charge >= 0.3 is 0 Å². The maximum absolute atomic E-state index is 4.72. The second-order valence-electron chi connectivity index (χ2n) is 17.4. The molecule has 0 amide bonds. The summed E-state index contributed by atoms with van der Waals surface area (Å²) in [5.74, 6) is 2.48. The van der Waals surface area contributed by atoms with Crippen molar-refractivity contribution in [3.05, 3.63) is 162 Å². The molecule has 0 bridgehead atoms. The van der Waals surface area contributed by atoms with Crippen molar-refractivity contribution >= 4 is 33.8 Å². The number of hydrogen-bond acceptors (Lipinski definition) is 4. The number of anilines is 4. The van der Waals surface area contributed by atoms with Gasteiger partial charge in [-0.25, -0.2) is 0 Å². The van der Waals surface area contributed by atoms with Crippen molar-refractivity contribution in [2.45, 2.75) is 98.3 Å². The molecule has 1 aliphatic carbocycles. The zero-order valence-electron chi connectivity index (χ0n) is 35.5. The van der Waals surface area contributed by atoms with Crippen LogP contribution >= 0.6 is 0 Å². The van der Waals surface area contributed by atoms with Crippen LogP contribution in [-0.2, 0) is 27.8 Å². The Bertz CT molecular complexity index is 2420. The van der Waals surface area contributed by atoms with Crippen molar-refractivity contribution in [3.63, 3.8) is 0 Å². The number of hydrogen-bond donors (Lipinski definition) is 0. The molecule has 2 aliphatic rings. The molecule has 301 valence electrons. The molecular weight excluding hydrogens is 892 g/mol. The van der Waals surface area contributed by atoms with Gasteiger partial charge in [0.2, 0.25) is 0 Å². The minimum atomic E-state index is -0.00970. The predicted molar refractivity (Wildman–Crippen MR) is 240 cm³/mol. The average Bonchev–Trinajstić information content (AvgIpc) is 3.87. The molecule has 9 rings (SSSR count). The van der Waals surface area contributed by atoms with E-state index in [-0.39, 0.29) is 27.8 Å². The fraction of sp³-hybridized carbons (Fsp3) is 0.288. The van der Waals surface area contributed by atoms with E-state index in [2.05, 4.69) is 188 Å². The van der Waals surface area contributed by atoms with Crippen LogP contribution in [0.5, 0.6) is 0 Å². The SMILES string of the molecule is CC(C)c1cccc(C(C)C)c1N1[CH-]N(c2c(C(C)C)cccc2C(C)C)c2ccccc21.CC1(C)c2ccccc2-c2cc3nc(-c4ccccn4)[n-]c3cc21.[Au]. The standard InChI is InChI=1S/C31H39N2.C21H16N3.Au/c1-20(2)24-13-11-14-25(21(3)4)30(24)32-19-33(29-18-10-9-17-28(29)32)31-26(22(5)6)15-12-16-27(31)23(7)8;1-21(2)15-8-4-3-7-13(15)14-11-18-19(12-16(14)21)24-20(23-18)17-9-5-6-10-22-17;/h9-23H,1-8H3;3-12H,1-2H3;/q2*-1;. The van der Waals surface area contributed by atoms with Gasteiger partial charge in [0.15, 0.2) is 0 Å². The van der Waals surface area contributed by atoms with Crippen molar-refractivity contribution in [1.29, 1.82) is 0 Å². The number of imidazole rings is 1. The third kappa shape index (κ3) is 7.23. The van der Waals surface area contributed by atoms with Crippen LogP contribution in [0.2, 0.25) is 0 Å². The molecular formula is C52H55AuN5-2. The van der Waals surface area contributed by atoms with Crippen LogP contribution in [0.1, 0.15) is 126 Å². The number of rotatable bonds is 7. The second-order valence-corrected chi connectivity index (χ2v) is 17.4. The maximum atomic E-state index is 4.72. The van der Waals surface area contributed by atoms with Crippen LogP contribution in [0, 0.1) is 6.67 Å². The molecule has 7 aromatic rings. The summed E-state index contributed by atoms with van der Waals surface area (Å²) in [4.78, 5) is 18.7. The Hall–Kier alpha value is -4.94. The molecule has 0 saturated heterocycles. The summed E-state index contributed by atoms with van der Waals surface area (Å²) >= 11 is 0. The van der Waals surface area contributed by atoms with Gasteiger partial charge in [-0.2, -0.15) is 0 Å². The van der Waals surface area contributed by atoms with E-state index in [1.54, 1.807) is 6.20 Å². The van der Waals surface area contributed by atoms with Gasteiger partial charge in [0.1, 0.15) is 0 Å². The number of para-hydroxylation sites is 4. The van der Waals surface area contributed by atoms with E-state index in [9.17, 15) is 0 Å². The van der Waals surface area contributed by atoms with Crippen LogP contribution in [0.3, 0.4) is 0 Å². The molecule has 0 fully saturated rings. The molecule has 0 atom stereocenters. The minimum Gasteiger partial charge on any atom is -0.473 e. The summed E-state index contributed by atoms with van der Waals surface area (Å²) in [6, 6.07) is 41.3. The van der Waals surface area contributed by atoms with Crippen molar-refractivity contribution in [2.75, 3.05) is 9.80 Å². The van der Waals surface area contributed by atoms with Crippen molar-refractivity contribution in [1.82, 2.24) is 15.0 Å². The predicted octanol–water partition coefficient (Wildman–Crippen LogP) is 14.1. The number of fused-ring (bicyclic) bond motifs is 5. The molecule has 0 spiro atoms. The summed E-state index contributed by atoms with van der Waals surface area (Å²) in [6.45, 7) is 25.3. The first kappa shape index (κ1) is 41.2. The summed E-state index contributed by atoms with van der Waals surface area (Å²) in [5, 5.41) is 0.